The van der Waals surface area contributed by atoms with Crippen LogP contribution in [-0.4, -0.2) is 31.3 Å². The Morgan fingerprint density at radius 2 is 2.28 bits per heavy atom. The van der Waals surface area contributed by atoms with Gasteiger partial charge in [0.25, 0.3) is 11.7 Å². The van der Waals surface area contributed by atoms with E-state index in [0.717, 1.165) is 41.8 Å². The molecule has 0 fully saturated rings. The molecule has 0 aliphatic heterocycles. The first kappa shape index (κ1) is 15.5. The van der Waals surface area contributed by atoms with E-state index in [4.69, 9.17) is 4.52 Å². The predicted molar refractivity (Wildman–Crippen MR) is 88.6 cm³/mol. The molecule has 0 bridgehead atoms. The zero-order chi connectivity index (χ0) is 17.4. The van der Waals surface area contributed by atoms with Crippen LogP contribution in [0.15, 0.2) is 28.8 Å². The summed E-state index contributed by atoms with van der Waals surface area (Å²) in [7, 11) is 1.63. The van der Waals surface area contributed by atoms with Crippen LogP contribution in [0.25, 0.3) is 11.3 Å². The van der Waals surface area contributed by atoms with Gasteiger partial charge in [-0.15, -0.1) is 10.2 Å². The molecule has 1 atom stereocenters. The van der Waals surface area contributed by atoms with Gasteiger partial charge in [-0.3, -0.25) is 4.79 Å². The van der Waals surface area contributed by atoms with Crippen LogP contribution in [0.5, 0.6) is 0 Å². The van der Waals surface area contributed by atoms with Crippen molar-refractivity contribution < 1.29 is 9.32 Å². The zero-order valence-corrected chi connectivity index (χ0v) is 14.1. The van der Waals surface area contributed by atoms with Crippen molar-refractivity contribution in [3.05, 3.63) is 47.0 Å². The van der Waals surface area contributed by atoms with Crippen molar-refractivity contribution in [3.63, 3.8) is 0 Å². The quantitative estimate of drug-likeness (QED) is 0.779. The Morgan fingerprint density at radius 3 is 3.00 bits per heavy atom. The second-order valence-corrected chi connectivity index (χ2v) is 6.11. The Hall–Kier alpha value is -3.03. The van der Waals surface area contributed by atoms with Gasteiger partial charge in [-0.2, -0.15) is 4.80 Å². The van der Waals surface area contributed by atoms with Gasteiger partial charge >= 0.3 is 0 Å². The van der Waals surface area contributed by atoms with Gasteiger partial charge in [0, 0.05) is 18.1 Å². The standard InChI is InChI=1S/C17H18N6O2/c1-3-12-9-15(21-25-12)11-4-6-13-10(8-11)5-7-14(13)18-17(24)16-19-22-23(2)20-16/h4,6,8-9,14H,3,5,7H2,1-2H3,(H,18,24)/t14-/m1/s1. The molecule has 1 aliphatic rings. The molecular formula is C17H18N6O2. The van der Waals surface area contributed by atoms with Crippen LogP contribution in [0.1, 0.15) is 46.9 Å². The summed E-state index contributed by atoms with van der Waals surface area (Å²) in [4.78, 5) is 13.5. The van der Waals surface area contributed by atoms with Gasteiger partial charge < -0.3 is 9.84 Å². The Kier molecular flexibility index (Phi) is 3.79. The van der Waals surface area contributed by atoms with E-state index in [0.29, 0.717) is 0 Å². The number of hydrogen-bond donors (Lipinski definition) is 1. The number of hydrogen-bond acceptors (Lipinski definition) is 6. The molecule has 0 saturated carbocycles. The van der Waals surface area contributed by atoms with Crippen LogP contribution >= 0.6 is 0 Å². The molecule has 2 aromatic heterocycles. The molecule has 2 heterocycles. The first-order chi connectivity index (χ1) is 12.1. The van der Waals surface area contributed by atoms with Crippen molar-refractivity contribution in [1.29, 1.82) is 0 Å². The molecule has 1 amide bonds. The van der Waals surface area contributed by atoms with Crippen molar-refractivity contribution >= 4 is 5.91 Å². The lowest BCUT2D eigenvalue weighted by atomic mass is 10.0. The van der Waals surface area contributed by atoms with E-state index in [1.54, 1.807) is 7.05 Å². The summed E-state index contributed by atoms with van der Waals surface area (Å²) in [6.45, 7) is 2.03. The van der Waals surface area contributed by atoms with Crippen LogP contribution in [0.2, 0.25) is 0 Å². The molecule has 0 saturated heterocycles. The van der Waals surface area contributed by atoms with Crippen LogP contribution in [0.3, 0.4) is 0 Å². The molecule has 4 rings (SSSR count). The summed E-state index contributed by atoms with van der Waals surface area (Å²) in [6, 6.07) is 8.12. The number of fused-ring (bicyclic) bond motifs is 1. The largest absolute Gasteiger partial charge is 0.361 e. The van der Waals surface area contributed by atoms with E-state index in [-0.39, 0.29) is 17.8 Å². The number of benzene rings is 1. The van der Waals surface area contributed by atoms with Crippen LogP contribution in [-0.2, 0) is 19.9 Å². The third kappa shape index (κ3) is 2.90. The van der Waals surface area contributed by atoms with Gasteiger partial charge in [0.1, 0.15) is 11.5 Å². The van der Waals surface area contributed by atoms with Crippen LogP contribution in [0, 0.1) is 0 Å². The lowest BCUT2D eigenvalue weighted by Gasteiger charge is -2.12. The first-order valence-electron chi connectivity index (χ1n) is 8.27. The number of aromatic nitrogens is 5. The van der Waals surface area contributed by atoms with Crippen molar-refractivity contribution in [2.45, 2.75) is 32.2 Å². The van der Waals surface area contributed by atoms with E-state index in [1.165, 1.54) is 10.4 Å². The molecule has 8 nitrogen and oxygen atoms in total. The average Bonchev–Trinajstić information content (AvgIpc) is 3.34. The highest BCUT2D eigenvalue weighted by Crippen LogP contribution is 2.34. The molecule has 128 valence electrons. The van der Waals surface area contributed by atoms with Crippen LogP contribution in [0.4, 0.5) is 0 Å². The molecule has 25 heavy (non-hydrogen) atoms. The molecular weight excluding hydrogens is 320 g/mol. The second-order valence-electron chi connectivity index (χ2n) is 6.11. The third-order valence-electron chi connectivity index (χ3n) is 4.44. The van der Waals surface area contributed by atoms with E-state index < -0.39 is 0 Å². The first-order valence-corrected chi connectivity index (χ1v) is 8.27. The number of aryl methyl sites for hydroxylation is 3. The second kappa shape index (κ2) is 6.12. The maximum absolute atomic E-state index is 12.2. The topological polar surface area (TPSA) is 98.7 Å². The maximum atomic E-state index is 12.2. The molecule has 0 unspecified atom stereocenters. The normalized spacial score (nSPS) is 16.0. The van der Waals surface area contributed by atoms with Crippen LogP contribution < -0.4 is 5.32 Å². The van der Waals surface area contributed by atoms with Crippen molar-refractivity contribution in [2.24, 2.45) is 7.05 Å². The molecule has 8 heteroatoms. The van der Waals surface area contributed by atoms with Gasteiger partial charge in [-0.05, 0) is 35.2 Å². The molecule has 3 aromatic rings. The monoisotopic (exact) mass is 338 g/mol. The minimum atomic E-state index is -0.306. The predicted octanol–water partition coefficient (Wildman–Crippen LogP) is 1.84. The number of tetrazole rings is 1. The van der Waals surface area contributed by atoms with Gasteiger partial charge in [0.15, 0.2) is 0 Å². The zero-order valence-electron chi connectivity index (χ0n) is 14.1. The Bertz CT molecular complexity index is 929. The molecule has 1 aliphatic carbocycles. The highest BCUT2D eigenvalue weighted by molar-refractivity contribution is 5.90. The Morgan fingerprint density at radius 1 is 1.40 bits per heavy atom. The molecule has 1 N–H and O–H groups in total. The number of amides is 1. The van der Waals surface area contributed by atoms with Gasteiger partial charge in [0.05, 0.1) is 13.1 Å². The summed E-state index contributed by atoms with van der Waals surface area (Å²) < 4.78 is 5.28. The third-order valence-corrected chi connectivity index (χ3v) is 4.44. The van der Waals surface area contributed by atoms with Gasteiger partial charge in [0.2, 0.25) is 0 Å². The molecule has 0 spiro atoms. The van der Waals surface area contributed by atoms with E-state index in [9.17, 15) is 4.79 Å². The maximum Gasteiger partial charge on any atom is 0.293 e. The summed E-state index contributed by atoms with van der Waals surface area (Å²) in [5.41, 5.74) is 4.22. The summed E-state index contributed by atoms with van der Waals surface area (Å²) in [6.07, 6.45) is 2.58. The van der Waals surface area contributed by atoms with Crippen molar-refractivity contribution in [1.82, 2.24) is 30.7 Å². The highest BCUT2D eigenvalue weighted by atomic mass is 16.5. The number of nitrogens with one attached hydrogen (secondary N) is 1. The van der Waals surface area contributed by atoms with E-state index in [2.05, 4.69) is 32.0 Å². The summed E-state index contributed by atoms with van der Waals surface area (Å²) >= 11 is 0. The minimum Gasteiger partial charge on any atom is -0.361 e. The lowest BCUT2D eigenvalue weighted by Crippen LogP contribution is -2.28. The summed E-state index contributed by atoms with van der Waals surface area (Å²) in [5, 5.41) is 18.5. The van der Waals surface area contributed by atoms with Crippen molar-refractivity contribution in [3.8, 4) is 11.3 Å². The Labute approximate surface area is 144 Å². The van der Waals surface area contributed by atoms with Gasteiger partial charge in [-0.1, -0.05) is 24.2 Å². The lowest BCUT2D eigenvalue weighted by molar-refractivity contribution is 0.0926. The highest BCUT2D eigenvalue weighted by Gasteiger charge is 2.26. The van der Waals surface area contributed by atoms with E-state index >= 15 is 0 Å². The van der Waals surface area contributed by atoms with E-state index in [1.807, 2.05) is 25.1 Å². The fourth-order valence-corrected chi connectivity index (χ4v) is 3.14. The fraction of sp³-hybridized carbons (Fsp3) is 0.353. The smallest absolute Gasteiger partial charge is 0.293 e. The number of carbonyl (C=O) groups excluding carboxylic acids is 1. The number of nitrogens with zero attached hydrogens (tertiary/aromatic N) is 5. The Balaban J connectivity index is 1.54. The fourth-order valence-electron chi connectivity index (χ4n) is 3.14. The number of rotatable bonds is 4. The van der Waals surface area contributed by atoms with Gasteiger partial charge in [-0.25, -0.2) is 0 Å². The SMILES string of the molecule is CCc1cc(-c2ccc3c(c2)CC[C@H]3NC(=O)c2nnn(C)n2)no1. The number of carbonyl (C=O) groups is 1. The minimum absolute atomic E-state index is 0.0381. The average molecular weight is 338 g/mol. The summed E-state index contributed by atoms with van der Waals surface area (Å²) in [5.74, 6) is 0.651. The molecule has 1 aromatic carbocycles. The molecule has 0 radical (unpaired) electrons. The van der Waals surface area contributed by atoms with Crippen molar-refractivity contribution in [2.75, 3.05) is 0 Å².